The normalized spacial score (nSPS) is 10.4. The van der Waals surface area contributed by atoms with Gasteiger partial charge in [0.05, 0.1) is 0 Å². The molecule has 2 aromatic carbocycles. The van der Waals surface area contributed by atoms with E-state index in [4.69, 9.17) is 11.6 Å². The van der Waals surface area contributed by atoms with Crippen LogP contribution in [0.4, 0.5) is 23.1 Å². The van der Waals surface area contributed by atoms with Crippen LogP contribution >= 0.6 is 11.6 Å². The number of nitrogens with one attached hydrogen (secondary N) is 2. The number of nitrogens with zero attached hydrogens (tertiary/aromatic N) is 3. The van der Waals surface area contributed by atoms with Crippen molar-refractivity contribution in [1.82, 2.24) is 9.97 Å². The molecule has 0 saturated heterocycles. The first-order valence-corrected chi connectivity index (χ1v) is 8.34. The van der Waals surface area contributed by atoms with Crippen molar-refractivity contribution in [3.63, 3.8) is 0 Å². The van der Waals surface area contributed by atoms with E-state index in [0.717, 1.165) is 27.8 Å². The zero-order chi connectivity index (χ0) is 17.6. The van der Waals surface area contributed by atoms with Gasteiger partial charge in [0.2, 0.25) is 5.95 Å². The van der Waals surface area contributed by atoms with Gasteiger partial charge < -0.3 is 15.5 Å². The molecule has 3 rings (SSSR count). The zero-order valence-corrected chi connectivity index (χ0v) is 15.0. The van der Waals surface area contributed by atoms with Gasteiger partial charge in [0.1, 0.15) is 5.82 Å². The molecule has 0 radical (unpaired) electrons. The Bertz CT molecular complexity index is 833. The molecule has 0 aliphatic carbocycles. The van der Waals surface area contributed by atoms with E-state index in [2.05, 4.69) is 37.6 Å². The van der Waals surface area contributed by atoms with Crippen LogP contribution in [0.5, 0.6) is 0 Å². The molecule has 0 spiro atoms. The van der Waals surface area contributed by atoms with Gasteiger partial charge >= 0.3 is 0 Å². The summed E-state index contributed by atoms with van der Waals surface area (Å²) in [5.74, 6) is 1.28. The maximum absolute atomic E-state index is 6.17. The van der Waals surface area contributed by atoms with Gasteiger partial charge in [-0.1, -0.05) is 29.8 Å². The number of anilines is 4. The molecule has 0 aliphatic heterocycles. The molecule has 1 heterocycles. The van der Waals surface area contributed by atoms with Gasteiger partial charge in [0.25, 0.3) is 0 Å². The van der Waals surface area contributed by atoms with Gasteiger partial charge in [-0.05, 0) is 42.0 Å². The standard InChI is InChI=1S/C19H20ClN5/c1-25(2)16-9-7-15(8-10-16)23-18-11-12-21-19(24-18)22-13-14-5-3-4-6-17(14)20/h3-12H,13H2,1-2H3,(H2,21,22,23,24). The highest BCUT2D eigenvalue weighted by molar-refractivity contribution is 6.31. The van der Waals surface area contributed by atoms with E-state index in [9.17, 15) is 0 Å². The molecule has 1 aromatic heterocycles. The van der Waals surface area contributed by atoms with Crippen molar-refractivity contribution in [1.29, 1.82) is 0 Å². The summed E-state index contributed by atoms with van der Waals surface area (Å²) < 4.78 is 0. The van der Waals surface area contributed by atoms with Crippen LogP contribution in [-0.2, 0) is 6.54 Å². The zero-order valence-electron chi connectivity index (χ0n) is 14.2. The molecule has 128 valence electrons. The van der Waals surface area contributed by atoms with Crippen molar-refractivity contribution in [3.8, 4) is 0 Å². The summed E-state index contributed by atoms with van der Waals surface area (Å²) in [7, 11) is 4.04. The van der Waals surface area contributed by atoms with E-state index in [0.29, 0.717) is 12.5 Å². The molecule has 0 atom stereocenters. The van der Waals surface area contributed by atoms with E-state index < -0.39 is 0 Å². The number of hydrogen-bond acceptors (Lipinski definition) is 5. The molecular formula is C19H20ClN5. The summed E-state index contributed by atoms with van der Waals surface area (Å²) in [6.07, 6.45) is 1.72. The Balaban J connectivity index is 1.66. The smallest absolute Gasteiger partial charge is 0.224 e. The number of hydrogen-bond donors (Lipinski definition) is 2. The summed E-state index contributed by atoms with van der Waals surface area (Å²) >= 11 is 6.17. The fraction of sp³-hybridized carbons (Fsp3) is 0.158. The van der Waals surface area contributed by atoms with Crippen LogP contribution < -0.4 is 15.5 Å². The first-order chi connectivity index (χ1) is 12.1. The van der Waals surface area contributed by atoms with Crippen molar-refractivity contribution >= 4 is 34.7 Å². The Hall–Kier alpha value is -2.79. The van der Waals surface area contributed by atoms with Crippen LogP contribution in [-0.4, -0.2) is 24.1 Å². The molecule has 5 nitrogen and oxygen atoms in total. The van der Waals surface area contributed by atoms with E-state index >= 15 is 0 Å². The number of halogens is 1. The number of rotatable bonds is 6. The molecule has 2 N–H and O–H groups in total. The fourth-order valence-corrected chi connectivity index (χ4v) is 2.52. The van der Waals surface area contributed by atoms with Crippen LogP contribution in [0.15, 0.2) is 60.8 Å². The van der Waals surface area contributed by atoms with Crippen LogP contribution in [0.2, 0.25) is 5.02 Å². The number of benzene rings is 2. The fourth-order valence-electron chi connectivity index (χ4n) is 2.32. The van der Waals surface area contributed by atoms with Crippen molar-refractivity contribution in [2.75, 3.05) is 29.6 Å². The topological polar surface area (TPSA) is 53.1 Å². The highest BCUT2D eigenvalue weighted by atomic mass is 35.5. The van der Waals surface area contributed by atoms with E-state index in [1.54, 1.807) is 6.20 Å². The number of aromatic nitrogens is 2. The molecule has 0 amide bonds. The third kappa shape index (κ3) is 4.61. The molecule has 0 unspecified atom stereocenters. The van der Waals surface area contributed by atoms with Crippen LogP contribution in [0.1, 0.15) is 5.56 Å². The van der Waals surface area contributed by atoms with Gasteiger partial charge in [-0.15, -0.1) is 0 Å². The minimum absolute atomic E-state index is 0.551. The summed E-state index contributed by atoms with van der Waals surface area (Å²) in [4.78, 5) is 10.8. The van der Waals surface area contributed by atoms with E-state index in [-0.39, 0.29) is 0 Å². The van der Waals surface area contributed by atoms with Crippen LogP contribution in [0.3, 0.4) is 0 Å². The Kier molecular flexibility index (Phi) is 5.36. The predicted molar refractivity (Wildman–Crippen MR) is 105 cm³/mol. The molecule has 25 heavy (non-hydrogen) atoms. The van der Waals surface area contributed by atoms with Gasteiger partial charge in [-0.2, -0.15) is 4.98 Å². The van der Waals surface area contributed by atoms with Crippen LogP contribution in [0.25, 0.3) is 0 Å². The predicted octanol–water partition coefficient (Wildman–Crippen LogP) is 4.55. The van der Waals surface area contributed by atoms with Crippen molar-refractivity contribution in [3.05, 3.63) is 71.4 Å². The molecule has 0 fully saturated rings. The Morgan fingerprint density at radius 2 is 1.76 bits per heavy atom. The average molecular weight is 354 g/mol. The SMILES string of the molecule is CN(C)c1ccc(Nc2ccnc(NCc3ccccc3Cl)n2)cc1. The third-order valence-electron chi connectivity index (χ3n) is 3.71. The second kappa shape index (κ2) is 7.85. The molecule has 0 aliphatic rings. The van der Waals surface area contributed by atoms with Crippen molar-refractivity contribution in [2.45, 2.75) is 6.54 Å². The molecule has 6 heteroatoms. The molecule has 3 aromatic rings. The van der Waals surface area contributed by atoms with E-state index in [1.165, 1.54) is 0 Å². The molecule has 0 bridgehead atoms. The third-order valence-corrected chi connectivity index (χ3v) is 4.08. The summed E-state index contributed by atoms with van der Waals surface area (Å²) in [5, 5.41) is 7.21. The lowest BCUT2D eigenvalue weighted by Crippen LogP contribution is -2.08. The first-order valence-electron chi connectivity index (χ1n) is 7.96. The maximum atomic E-state index is 6.17. The highest BCUT2D eigenvalue weighted by Crippen LogP contribution is 2.20. The average Bonchev–Trinajstić information content (AvgIpc) is 2.62. The lowest BCUT2D eigenvalue weighted by atomic mass is 10.2. The Labute approximate surface area is 152 Å². The minimum atomic E-state index is 0.551. The highest BCUT2D eigenvalue weighted by Gasteiger charge is 2.03. The van der Waals surface area contributed by atoms with Crippen LogP contribution in [0, 0.1) is 0 Å². The van der Waals surface area contributed by atoms with Gasteiger partial charge in [-0.3, -0.25) is 0 Å². The Morgan fingerprint density at radius 3 is 2.48 bits per heavy atom. The Morgan fingerprint density at radius 1 is 1.00 bits per heavy atom. The van der Waals surface area contributed by atoms with Gasteiger partial charge in [-0.25, -0.2) is 4.98 Å². The van der Waals surface area contributed by atoms with Crippen molar-refractivity contribution < 1.29 is 0 Å². The monoisotopic (exact) mass is 353 g/mol. The molecular weight excluding hydrogens is 334 g/mol. The van der Waals surface area contributed by atoms with E-state index in [1.807, 2.05) is 56.6 Å². The molecule has 0 saturated carbocycles. The maximum Gasteiger partial charge on any atom is 0.224 e. The second-order valence-corrected chi connectivity index (χ2v) is 6.18. The summed E-state index contributed by atoms with van der Waals surface area (Å²) in [6.45, 7) is 0.570. The van der Waals surface area contributed by atoms with Gasteiger partial charge in [0.15, 0.2) is 0 Å². The quantitative estimate of drug-likeness (QED) is 0.680. The largest absolute Gasteiger partial charge is 0.378 e. The summed E-state index contributed by atoms with van der Waals surface area (Å²) in [6, 6.07) is 17.7. The lowest BCUT2D eigenvalue weighted by Gasteiger charge is -2.13. The second-order valence-electron chi connectivity index (χ2n) is 5.78. The minimum Gasteiger partial charge on any atom is -0.378 e. The first kappa shape index (κ1) is 17.0. The van der Waals surface area contributed by atoms with Crippen molar-refractivity contribution in [2.24, 2.45) is 0 Å². The lowest BCUT2D eigenvalue weighted by molar-refractivity contribution is 1.06. The summed E-state index contributed by atoms with van der Waals surface area (Å²) in [5.41, 5.74) is 3.13. The van der Waals surface area contributed by atoms with Gasteiger partial charge in [0, 0.05) is 43.2 Å².